The average Bonchev–Trinajstić information content (AvgIpc) is 3.18. The Hall–Kier alpha value is -2.71. The molecule has 0 amide bonds. The van der Waals surface area contributed by atoms with Gasteiger partial charge in [0.15, 0.2) is 11.5 Å². The largest absolute Gasteiger partial charge is 0.497 e. The third-order valence-electron chi connectivity index (χ3n) is 5.09. The summed E-state index contributed by atoms with van der Waals surface area (Å²) in [6.45, 7) is 3.55. The first-order valence-electron chi connectivity index (χ1n) is 9.15. The maximum absolute atomic E-state index is 9.57. The van der Waals surface area contributed by atoms with Gasteiger partial charge in [-0.05, 0) is 24.1 Å². The molecule has 3 aromatic rings. The van der Waals surface area contributed by atoms with Crippen LogP contribution in [-0.2, 0) is 6.54 Å². The van der Waals surface area contributed by atoms with Gasteiger partial charge in [0.1, 0.15) is 17.6 Å². The summed E-state index contributed by atoms with van der Waals surface area (Å²) < 4.78 is 5.34. The number of nitrogens with zero attached hydrogens (tertiary/aromatic N) is 5. The van der Waals surface area contributed by atoms with Crippen molar-refractivity contribution in [2.45, 2.75) is 19.0 Å². The second kappa shape index (κ2) is 7.89. The summed E-state index contributed by atoms with van der Waals surface area (Å²) in [4.78, 5) is 20.7. The molecule has 2 N–H and O–H groups in total. The molecule has 1 saturated heterocycles. The van der Waals surface area contributed by atoms with Gasteiger partial charge in [0.2, 0.25) is 0 Å². The van der Waals surface area contributed by atoms with Crippen LogP contribution in [0.5, 0.6) is 5.75 Å². The summed E-state index contributed by atoms with van der Waals surface area (Å²) in [6, 6.07) is 8.39. The van der Waals surface area contributed by atoms with Crippen molar-refractivity contribution in [3.63, 3.8) is 0 Å². The number of ether oxygens (including phenoxy) is 1. The lowest BCUT2D eigenvalue weighted by Crippen LogP contribution is -2.53. The number of hydrogen-bond acceptors (Lipinski definition) is 7. The highest BCUT2D eigenvalue weighted by Gasteiger charge is 2.28. The number of H-pyrrole nitrogens is 1. The fourth-order valence-corrected chi connectivity index (χ4v) is 3.71. The van der Waals surface area contributed by atoms with Crippen molar-refractivity contribution in [2.24, 2.45) is 0 Å². The molecule has 0 bridgehead atoms. The number of aromatic nitrogens is 4. The number of hydrogen-bond donors (Lipinski definition) is 2. The van der Waals surface area contributed by atoms with E-state index in [9.17, 15) is 5.11 Å². The highest BCUT2D eigenvalue weighted by molar-refractivity contribution is 5.82. The number of aromatic amines is 1. The van der Waals surface area contributed by atoms with Crippen molar-refractivity contribution < 1.29 is 9.84 Å². The van der Waals surface area contributed by atoms with Gasteiger partial charge in [-0.3, -0.25) is 4.90 Å². The van der Waals surface area contributed by atoms with E-state index in [1.54, 1.807) is 19.8 Å². The quantitative estimate of drug-likeness (QED) is 0.680. The van der Waals surface area contributed by atoms with Crippen LogP contribution in [0.2, 0.25) is 0 Å². The molecule has 1 unspecified atom stereocenters. The Morgan fingerprint density at radius 1 is 1.26 bits per heavy atom. The molecular weight excluding hydrogens is 344 g/mol. The Bertz CT molecular complexity index is 899. The van der Waals surface area contributed by atoms with Gasteiger partial charge in [-0.1, -0.05) is 12.1 Å². The fourth-order valence-electron chi connectivity index (χ4n) is 3.71. The molecule has 0 aliphatic carbocycles. The van der Waals surface area contributed by atoms with Crippen LogP contribution in [0.25, 0.3) is 11.2 Å². The van der Waals surface area contributed by atoms with Gasteiger partial charge in [-0.2, -0.15) is 0 Å². The van der Waals surface area contributed by atoms with Crippen LogP contribution >= 0.6 is 0 Å². The van der Waals surface area contributed by atoms with Crippen LogP contribution < -0.4 is 9.64 Å². The lowest BCUT2D eigenvalue weighted by atomic mass is 10.1. The Morgan fingerprint density at radius 2 is 2.19 bits per heavy atom. The average molecular weight is 368 g/mol. The summed E-state index contributed by atoms with van der Waals surface area (Å²) in [6.07, 6.45) is 3.92. The zero-order chi connectivity index (χ0) is 18.6. The van der Waals surface area contributed by atoms with E-state index in [4.69, 9.17) is 4.74 Å². The van der Waals surface area contributed by atoms with Crippen molar-refractivity contribution in [3.8, 4) is 5.75 Å². The minimum Gasteiger partial charge on any atom is -0.497 e. The molecule has 1 atom stereocenters. The molecule has 27 heavy (non-hydrogen) atoms. The summed E-state index contributed by atoms with van der Waals surface area (Å²) in [5.41, 5.74) is 2.75. The number of aliphatic hydroxyl groups is 1. The van der Waals surface area contributed by atoms with Gasteiger partial charge in [0, 0.05) is 38.8 Å². The molecule has 0 spiro atoms. The molecule has 0 radical (unpaired) electrons. The third-order valence-corrected chi connectivity index (χ3v) is 5.09. The SMILES string of the molecule is COc1cccc(CN2CCN(c3ncnc4nc[nH]c34)CC2CCO)c1. The van der Waals surface area contributed by atoms with Crippen molar-refractivity contribution in [1.82, 2.24) is 24.8 Å². The number of aliphatic hydroxyl groups excluding tert-OH is 1. The van der Waals surface area contributed by atoms with E-state index in [2.05, 4.69) is 41.9 Å². The Labute approximate surface area is 157 Å². The van der Waals surface area contributed by atoms with Gasteiger partial charge in [0.05, 0.1) is 13.4 Å². The molecule has 8 heteroatoms. The smallest absolute Gasteiger partial charge is 0.182 e. The van der Waals surface area contributed by atoms with Crippen molar-refractivity contribution in [1.29, 1.82) is 0 Å². The van der Waals surface area contributed by atoms with E-state index in [0.29, 0.717) is 5.65 Å². The van der Waals surface area contributed by atoms with Gasteiger partial charge in [-0.25, -0.2) is 15.0 Å². The van der Waals surface area contributed by atoms with Crippen LogP contribution in [-0.4, -0.2) is 69.3 Å². The maximum atomic E-state index is 9.57. The van der Waals surface area contributed by atoms with E-state index < -0.39 is 0 Å². The number of benzene rings is 1. The van der Waals surface area contributed by atoms with E-state index in [1.165, 1.54) is 5.56 Å². The van der Waals surface area contributed by atoms with Gasteiger partial charge < -0.3 is 19.7 Å². The topological polar surface area (TPSA) is 90.4 Å². The standard InChI is InChI=1S/C19H24N6O2/c1-27-16-4-2-3-14(9-16)10-24-6-7-25(11-15(24)5-8-26)19-17-18(21-12-20-17)22-13-23-19/h2-4,9,12-13,15,26H,5-8,10-11H2,1H3,(H,20,21,22,23). The van der Waals surface area contributed by atoms with E-state index in [0.717, 1.165) is 49.7 Å². The Balaban J connectivity index is 1.52. The monoisotopic (exact) mass is 368 g/mol. The van der Waals surface area contributed by atoms with Crippen molar-refractivity contribution >= 4 is 17.0 Å². The lowest BCUT2D eigenvalue weighted by molar-refractivity contribution is 0.135. The summed E-state index contributed by atoms with van der Waals surface area (Å²) in [5, 5.41) is 9.57. The molecule has 8 nitrogen and oxygen atoms in total. The number of anilines is 1. The minimum atomic E-state index is 0.163. The fraction of sp³-hybridized carbons (Fsp3) is 0.421. The summed E-state index contributed by atoms with van der Waals surface area (Å²) in [5.74, 6) is 1.74. The second-order valence-corrected chi connectivity index (χ2v) is 6.73. The van der Waals surface area contributed by atoms with Gasteiger partial charge in [0.25, 0.3) is 0 Å². The van der Waals surface area contributed by atoms with E-state index >= 15 is 0 Å². The van der Waals surface area contributed by atoms with Gasteiger partial charge in [-0.15, -0.1) is 0 Å². The number of piperazine rings is 1. The van der Waals surface area contributed by atoms with Gasteiger partial charge >= 0.3 is 0 Å². The normalized spacial score (nSPS) is 18.1. The molecule has 0 saturated carbocycles. The van der Waals surface area contributed by atoms with Crippen LogP contribution in [0.3, 0.4) is 0 Å². The Kier molecular flexibility index (Phi) is 5.17. The molecular formula is C19H24N6O2. The first-order chi connectivity index (χ1) is 13.3. The third kappa shape index (κ3) is 3.72. The first-order valence-corrected chi connectivity index (χ1v) is 9.15. The molecule has 3 heterocycles. The number of fused-ring (bicyclic) bond motifs is 1. The Morgan fingerprint density at radius 3 is 3.04 bits per heavy atom. The zero-order valence-corrected chi connectivity index (χ0v) is 15.4. The molecule has 4 rings (SSSR count). The lowest BCUT2D eigenvalue weighted by Gasteiger charge is -2.42. The highest BCUT2D eigenvalue weighted by atomic mass is 16.5. The van der Waals surface area contributed by atoms with Crippen molar-refractivity contribution in [3.05, 3.63) is 42.5 Å². The highest BCUT2D eigenvalue weighted by Crippen LogP contribution is 2.25. The number of imidazole rings is 1. The molecule has 2 aromatic heterocycles. The summed E-state index contributed by atoms with van der Waals surface area (Å²) in [7, 11) is 1.68. The summed E-state index contributed by atoms with van der Waals surface area (Å²) >= 11 is 0. The molecule has 142 valence electrons. The number of methoxy groups -OCH3 is 1. The van der Waals surface area contributed by atoms with E-state index in [-0.39, 0.29) is 12.6 Å². The predicted molar refractivity (Wildman–Crippen MR) is 103 cm³/mol. The number of nitrogens with one attached hydrogen (secondary N) is 1. The minimum absolute atomic E-state index is 0.163. The first kappa shape index (κ1) is 17.7. The molecule has 1 fully saturated rings. The molecule has 1 aliphatic heterocycles. The number of rotatable bonds is 6. The zero-order valence-electron chi connectivity index (χ0n) is 15.4. The molecule has 1 aliphatic rings. The molecule has 1 aromatic carbocycles. The van der Waals surface area contributed by atoms with Crippen LogP contribution in [0.15, 0.2) is 36.9 Å². The maximum Gasteiger partial charge on any atom is 0.182 e. The second-order valence-electron chi connectivity index (χ2n) is 6.73. The van der Waals surface area contributed by atoms with E-state index in [1.807, 2.05) is 12.1 Å². The van der Waals surface area contributed by atoms with Crippen molar-refractivity contribution in [2.75, 3.05) is 38.3 Å². The van der Waals surface area contributed by atoms with Crippen LogP contribution in [0.1, 0.15) is 12.0 Å². The predicted octanol–water partition coefficient (Wildman–Crippen LogP) is 1.43. The van der Waals surface area contributed by atoms with Crippen LogP contribution in [0.4, 0.5) is 5.82 Å². The van der Waals surface area contributed by atoms with Crippen LogP contribution in [0, 0.1) is 0 Å².